The van der Waals surface area contributed by atoms with Crippen LogP contribution in [0.15, 0.2) is 122 Å². The van der Waals surface area contributed by atoms with Gasteiger partial charge < -0.3 is 29.0 Å². The van der Waals surface area contributed by atoms with Crippen LogP contribution in [0.5, 0.6) is 11.5 Å². The van der Waals surface area contributed by atoms with E-state index in [1.54, 1.807) is 56.5 Å². The topological polar surface area (TPSA) is 175 Å². The van der Waals surface area contributed by atoms with Gasteiger partial charge in [0.1, 0.15) is 41.8 Å². The third kappa shape index (κ3) is 9.36. The zero-order chi connectivity index (χ0) is 45.4. The number of imidazole rings is 1. The van der Waals surface area contributed by atoms with Crippen molar-refractivity contribution in [3.05, 3.63) is 144 Å². The molecule has 1 aliphatic heterocycles. The molecule has 7 rings (SSSR count). The summed E-state index contributed by atoms with van der Waals surface area (Å²) in [6.07, 6.45) is -0.588. The molecule has 0 bridgehead atoms. The van der Waals surface area contributed by atoms with E-state index in [0.29, 0.717) is 28.2 Å². The van der Waals surface area contributed by atoms with E-state index in [9.17, 15) is 14.9 Å². The van der Waals surface area contributed by atoms with Gasteiger partial charge in [-0.25, -0.2) is 19.8 Å². The van der Waals surface area contributed by atoms with Gasteiger partial charge in [-0.05, 0) is 80.8 Å². The van der Waals surface area contributed by atoms with Gasteiger partial charge in [-0.15, -0.1) is 4.67 Å². The molecule has 1 unspecified atom stereocenters. The Labute approximate surface area is 374 Å². The summed E-state index contributed by atoms with van der Waals surface area (Å²) in [5.41, 5.74) is 2.39. The van der Waals surface area contributed by atoms with E-state index < -0.39 is 38.0 Å². The van der Waals surface area contributed by atoms with E-state index in [1.807, 2.05) is 117 Å². The van der Waals surface area contributed by atoms with Crippen LogP contribution in [0.1, 0.15) is 67.4 Å². The van der Waals surface area contributed by atoms with Crippen LogP contribution in [0.3, 0.4) is 0 Å². The first-order chi connectivity index (χ1) is 31.0. The zero-order valence-electron chi connectivity index (χ0n) is 37.1. The van der Waals surface area contributed by atoms with Crippen molar-refractivity contribution in [1.29, 1.82) is 5.26 Å². The first kappa shape index (κ1) is 46.2. The molecule has 4 aromatic carbocycles. The smallest absolute Gasteiger partial charge is 0.347 e. The minimum absolute atomic E-state index is 0.0582. The molecule has 334 valence electrons. The largest absolute Gasteiger partial charge is 0.497 e. The second-order valence-electron chi connectivity index (χ2n) is 15.9. The number of hydrogen-bond acceptors (Lipinski definition) is 13. The third-order valence-corrected chi connectivity index (χ3v) is 14.4. The lowest BCUT2D eigenvalue weighted by molar-refractivity contribution is -0.0939. The number of benzene rings is 4. The van der Waals surface area contributed by atoms with Crippen LogP contribution in [-0.4, -0.2) is 99.5 Å². The summed E-state index contributed by atoms with van der Waals surface area (Å²) in [6, 6.07) is 36.1. The number of rotatable bonds is 19. The second-order valence-corrected chi connectivity index (χ2v) is 18.3. The highest BCUT2D eigenvalue weighted by molar-refractivity contribution is 7.63. The molecule has 3 heterocycles. The monoisotopic (exact) mass is 888 g/mol. The van der Waals surface area contributed by atoms with Crippen LogP contribution in [0, 0.1) is 11.3 Å². The standard InChI is InChI=1S/C48H54N7O8P/c1-32(2)55(33(3)4)64(57,28-14-27-49)63-42-40(62-47(43(42)60-7)54-31-52-41-44(50-30-51-45(41)54)53-46(56)34-15-10-8-11-16-34)29-61-48(35-17-12-9-13-18-35,36-19-23-38(58-5)24-20-36)37-21-25-39(59-6)26-22-37/h8-13,15-26,30-33,40,42-43,47,57H,14,28-29H2,1-7H3/p+1/t40-,42-,43-,47-,64?/m1/s1. The molecule has 1 saturated heterocycles. The van der Waals surface area contributed by atoms with Crippen molar-refractivity contribution in [3.8, 4) is 17.6 Å². The number of anilines is 1. The van der Waals surface area contributed by atoms with Gasteiger partial charge in [0, 0.05) is 24.8 Å². The summed E-state index contributed by atoms with van der Waals surface area (Å²) >= 11 is 0. The summed E-state index contributed by atoms with van der Waals surface area (Å²) in [7, 11) is 1.26. The number of fused-ring (bicyclic) bond motifs is 1. The SMILES string of the molecule is COc1ccc(C(OC[C@H]2O[C@@H](n3cnc4c(NC(=O)c5ccccc5)ncnc43)[C@H](OC)[C@@H]2O[P+](O)(CCC#N)N(C(C)C)C(C)C)(c2ccccc2)c2ccc(OC)cc2)cc1. The quantitative estimate of drug-likeness (QED) is 0.0589. The van der Waals surface area contributed by atoms with Gasteiger partial charge in [-0.2, -0.15) is 9.79 Å². The lowest BCUT2D eigenvalue weighted by atomic mass is 9.80. The Balaban J connectivity index is 1.35. The summed E-state index contributed by atoms with van der Waals surface area (Å²) in [6.45, 7) is 7.90. The van der Waals surface area contributed by atoms with E-state index in [-0.39, 0.29) is 43.0 Å². The molecule has 2 aromatic heterocycles. The highest BCUT2D eigenvalue weighted by Gasteiger charge is 2.58. The van der Waals surface area contributed by atoms with Crippen LogP contribution in [0.4, 0.5) is 5.82 Å². The number of nitriles is 1. The zero-order valence-corrected chi connectivity index (χ0v) is 38.0. The van der Waals surface area contributed by atoms with Gasteiger partial charge in [0.05, 0.1) is 39.6 Å². The molecule has 16 heteroatoms. The average Bonchev–Trinajstić information content (AvgIpc) is 3.90. The summed E-state index contributed by atoms with van der Waals surface area (Å²) < 4.78 is 42.6. The Morgan fingerprint density at radius 3 is 1.97 bits per heavy atom. The van der Waals surface area contributed by atoms with Gasteiger partial charge in [0.2, 0.25) is 0 Å². The number of aromatic nitrogens is 4. The first-order valence-corrected chi connectivity index (χ1v) is 22.9. The molecule has 1 aliphatic rings. The van der Waals surface area contributed by atoms with Crippen LogP contribution in [-0.2, 0) is 24.3 Å². The van der Waals surface area contributed by atoms with Gasteiger partial charge in [0.25, 0.3) is 5.91 Å². The molecule has 5 atom stereocenters. The fourth-order valence-corrected chi connectivity index (χ4v) is 11.5. The maximum absolute atomic E-state index is 13.2. The van der Waals surface area contributed by atoms with Crippen molar-refractivity contribution >= 4 is 30.8 Å². The fourth-order valence-electron chi connectivity index (χ4n) is 8.56. The molecular formula is C48H55N7O8P+. The molecule has 1 fully saturated rings. The molecule has 1 amide bonds. The second kappa shape index (κ2) is 20.3. The van der Waals surface area contributed by atoms with Gasteiger partial charge >= 0.3 is 7.87 Å². The highest BCUT2D eigenvalue weighted by Crippen LogP contribution is 2.64. The lowest BCUT2D eigenvalue weighted by Crippen LogP contribution is -2.45. The predicted molar refractivity (Wildman–Crippen MR) is 244 cm³/mol. The number of amides is 1. The lowest BCUT2D eigenvalue weighted by Gasteiger charge is -2.39. The highest BCUT2D eigenvalue weighted by atomic mass is 31.2. The van der Waals surface area contributed by atoms with E-state index in [0.717, 1.165) is 16.7 Å². The van der Waals surface area contributed by atoms with Crippen LogP contribution >= 0.6 is 7.87 Å². The van der Waals surface area contributed by atoms with Crippen LogP contribution in [0.2, 0.25) is 0 Å². The number of hydrogen-bond donors (Lipinski definition) is 2. The van der Waals surface area contributed by atoms with Crippen molar-refractivity contribution in [3.63, 3.8) is 0 Å². The molecule has 6 aromatic rings. The Hall–Kier alpha value is -5.82. The maximum atomic E-state index is 13.2. The first-order valence-electron chi connectivity index (χ1n) is 21.1. The Morgan fingerprint density at radius 2 is 1.42 bits per heavy atom. The minimum Gasteiger partial charge on any atom is -0.497 e. The molecule has 2 N–H and O–H groups in total. The van der Waals surface area contributed by atoms with Crippen molar-refractivity contribution in [1.82, 2.24) is 24.2 Å². The van der Waals surface area contributed by atoms with Crippen LogP contribution in [0.25, 0.3) is 11.2 Å². The minimum atomic E-state index is -3.54. The number of ether oxygens (including phenoxy) is 5. The number of methoxy groups -OCH3 is 3. The van der Waals surface area contributed by atoms with Crippen molar-refractivity contribution < 1.29 is 37.9 Å². The van der Waals surface area contributed by atoms with Crippen LogP contribution < -0.4 is 14.8 Å². The molecule has 0 radical (unpaired) electrons. The van der Waals surface area contributed by atoms with Crippen molar-refractivity contribution in [2.24, 2.45) is 0 Å². The normalized spacial score (nSPS) is 18.6. The summed E-state index contributed by atoms with van der Waals surface area (Å²) in [5.74, 6) is 1.21. The van der Waals surface area contributed by atoms with E-state index in [4.69, 9.17) is 28.2 Å². The number of carbonyl (C=O) groups is 1. The maximum Gasteiger partial charge on any atom is 0.347 e. The molecule has 0 saturated carbocycles. The van der Waals surface area contributed by atoms with Crippen molar-refractivity contribution in [2.75, 3.05) is 39.4 Å². The number of nitrogens with zero attached hydrogens (tertiary/aromatic N) is 6. The van der Waals surface area contributed by atoms with Gasteiger partial charge in [0.15, 0.2) is 29.3 Å². The molecule has 64 heavy (non-hydrogen) atoms. The molecule has 0 aliphatic carbocycles. The molecule has 15 nitrogen and oxygen atoms in total. The van der Waals surface area contributed by atoms with Crippen molar-refractivity contribution in [2.45, 2.75) is 76.3 Å². The Bertz CT molecular complexity index is 2450. The summed E-state index contributed by atoms with van der Waals surface area (Å²) in [4.78, 5) is 39.7. The van der Waals surface area contributed by atoms with Gasteiger partial charge in [-0.1, -0.05) is 72.8 Å². The van der Waals surface area contributed by atoms with E-state index >= 15 is 0 Å². The number of carbonyl (C=O) groups excluding carboxylic acids is 1. The number of nitrogens with one attached hydrogen (secondary N) is 1. The van der Waals surface area contributed by atoms with E-state index in [2.05, 4.69) is 26.3 Å². The van der Waals surface area contributed by atoms with E-state index in [1.165, 1.54) is 6.33 Å². The summed E-state index contributed by atoms with van der Waals surface area (Å²) in [5, 5.41) is 12.7. The fraction of sp³-hybridized carbons (Fsp3) is 0.354. The molecular weight excluding hydrogens is 834 g/mol. The molecule has 0 spiro atoms. The predicted octanol–water partition coefficient (Wildman–Crippen LogP) is 8.19. The Morgan fingerprint density at radius 1 is 0.844 bits per heavy atom. The average molecular weight is 889 g/mol. The van der Waals surface area contributed by atoms with Gasteiger partial charge in [-0.3, -0.25) is 9.36 Å². The Kier molecular flexibility index (Phi) is 14.7. The third-order valence-electron chi connectivity index (χ3n) is 11.3.